The number of nitrogens with zero attached hydrogens (tertiary/aromatic N) is 2. The molecule has 0 N–H and O–H groups in total. The highest BCUT2D eigenvalue weighted by Gasteiger charge is 2.16. The molecule has 10 aromatic carbocycles. The van der Waals surface area contributed by atoms with Crippen molar-refractivity contribution < 1.29 is 0 Å². The van der Waals surface area contributed by atoms with Crippen LogP contribution in [-0.4, -0.2) is 9.97 Å². The second-order valence-electron chi connectivity index (χ2n) is 15.7. The predicted molar refractivity (Wildman–Crippen MR) is 260 cm³/mol. The maximum absolute atomic E-state index is 5.45. The quantitative estimate of drug-likeness (QED) is 0.157. The largest absolute Gasteiger partial charge is 0.252 e. The van der Waals surface area contributed by atoms with Crippen molar-refractivity contribution in [3.05, 3.63) is 219 Å². The van der Waals surface area contributed by atoms with Crippen LogP contribution in [0.25, 0.3) is 120 Å². The number of thiophene rings is 1. The van der Waals surface area contributed by atoms with Crippen LogP contribution in [0.1, 0.15) is 0 Å². The van der Waals surface area contributed by atoms with Gasteiger partial charge in [0.15, 0.2) is 0 Å². The molecule has 0 bridgehead atoms. The van der Waals surface area contributed by atoms with Gasteiger partial charge in [0, 0.05) is 36.5 Å². The van der Waals surface area contributed by atoms with Crippen molar-refractivity contribution in [2.45, 2.75) is 0 Å². The molecule has 61 heavy (non-hydrogen) atoms. The third-order valence-electron chi connectivity index (χ3n) is 12.1. The molecule has 0 amide bonds. The summed E-state index contributed by atoms with van der Waals surface area (Å²) < 4.78 is 2.66. The molecule has 0 atom stereocenters. The van der Waals surface area contributed by atoms with Gasteiger partial charge < -0.3 is 0 Å². The summed E-state index contributed by atoms with van der Waals surface area (Å²) in [6, 6.07) is 76.6. The minimum Gasteiger partial charge on any atom is -0.252 e. The van der Waals surface area contributed by atoms with Crippen molar-refractivity contribution in [1.29, 1.82) is 0 Å². The summed E-state index contributed by atoms with van der Waals surface area (Å²) in [5, 5.41) is 7.19. The van der Waals surface area contributed by atoms with E-state index in [1.165, 1.54) is 64.3 Å². The van der Waals surface area contributed by atoms with Crippen molar-refractivity contribution in [2.24, 2.45) is 0 Å². The molecule has 0 aliphatic rings. The zero-order valence-corrected chi connectivity index (χ0v) is 33.9. The normalized spacial score (nSPS) is 11.6. The molecule has 0 fully saturated rings. The lowest BCUT2D eigenvalue weighted by atomic mass is 9.93. The van der Waals surface area contributed by atoms with Gasteiger partial charge in [-0.1, -0.05) is 182 Å². The molecule has 0 unspecified atom stereocenters. The molecular weight excluding hydrogens is 757 g/mol. The molecule has 0 radical (unpaired) electrons. The van der Waals surface area contributed by atoms with E-state index in [2.05, 4.69) is 212 Å². The summed E-state index contributed by atoms with van der Waals surface area (Å²) in [5.74, 6) is 0. The van der Waals surface area contributed by atoms with Gasteiger partial charge in [0.1, 0.15) is 0 Å². The van der Waals surface area contributed by atoms with Gasteiger partial charge in [-0.3, -0.25) is 4.98 Å². The summed E-state index contributed by atoms with van der Waals surface area (Å²) in [5.41, 5.74) is 15.6. The van der Waals surface area contributed by atoms with Gasteiger partial charge in [-0.25, -0.2) is 4.98 Å². The first-order chi connectivity index (χ1) is 30.2. The highest BCUT2D eigenvalue weighted by atomic mass is 32.1. The molecule has 0 aliphatic heterocycles. The van der Waals surface area contributed by atoms with Gasteiger partial charge in [-0.2, -0.15) is 0 Å². The zero-order valence-electron chi connectivity index (χ0n) is 33.1. The van der Waals surface area contributed by atoms with Crippen LogP contribution in [0.2, 0.25) is 0 Å². The second kappa shape index (κ2) is 14.5. The molecule has 0 saturated heterocycles. The minimum absolute atomic E-state index is 0.849. The number of fused-ring (bicyclic) bond motifs is 9. The van der Waals surface area contributed by atoms with E-state index in [9.17, 15) is 0 Å². The van der Waals surface area contributed by atoms with Crippen LogP contribution in [0.3, 0.4) is 0 Å². The molecule has 0 spiro atoms. The predicted octanol–water partition coefficient (Wildman–Crippen LogP) is 16.3. The average Bonchev–Trinajstić information content (AvgIpc) is 3.73. The fourth-order valence-electron chi connectivity index (χ4n) is 9.04. The Labute approximate surface area is 357 Å². The number of benzene rings is 10. The topological polar surface area (TPSA) is 25.8 Å². The number of rotatable bonds is 6. The minimum atomic E-state index is 0.849. The zero-order chi connectivity index (χ0) is 40.3. The van der Waals surface area contributed by atoms with Crippen molar-refractivity contribution in [2.75, 3.05) is 0 Å². The Balaban J connectivity index is 0.920. The number of aromatic nitrogens is 2. The average molecular weight is 793 g/mol. The van der Waals surface area contributed by atoms with Crippen LogP contribution in [0.5, 0.6) is 0 Å². The SMILES string of the molecule is c1ccc(-c2ccc3c4ccc(-c5ccccc5)cc4c4nc(-c5cccc(-c6ccc(-c7cccc(-c8cccc9c8sc8ccccc89)c7)cc6)c5)cnc4c3c2)cc1. The molecule has 0 aliphatic carbocycles. The van der Waals surface area contributed by atoms with E-state index in [0.29, 0.717) is 0 Å². The van der Waals surface area contributed by atoms with E-state index in [-0.39, 0.29) is 0 Å². The molecule has 12 rings (SSSR count). The molecule has 284 valence electrons. The molecule has 2 nitrogen and oxygen atoms in total. The molecule has 3 heteroatoms. The van der Waals surface area contributed by atoms with Gasteiger partial charge in [-0.05, 0) is 96.7 Å². The summed E-state index contributed by atoms with van der Waals surface area (Å²) >= 11 is 1.88. The third kappa shape index (κ3) is 6.18. The van der Waals surface area contributed by atoms with Gasteiger partial charge in [0.25, 0.3) is 0 Å². The number of hydrogen-bond acceptors (Lipinski definition) is 3. The summed E-state index contributed by atoms with van der Waals surface area (Å²) in [7, 11) is 0. The summed E-state index contributed by atoms with van der Waals surface area (Å²) in [6.45, 7) is 0. The van der Waals surface area contributed by atoms with E-state index in [4.69, 9.17) is 9.97 Å². The van der Waals surface area contributed by atoms with Crippen LogP contribution >= 0.6 is 11.3 Å². The fourth-order valence-corrected chi connectivity index (χ4v) is 10.3. The maximum atomic E-state index is 5.45. The number of hydrogen-bond donors (Lipinski definition) is 0. The Hall–Kier alpha value is -7.72. The lowest BCUT2D eigenvalue weighted by Crippen LogP contribution is -1.93. The van der Waals surface area contributed by atoms with Gasteiger partial charge in [-0.15, -0.1) is 11.3 Å². The van der Waals surface area contributed by atoms with Crippen LogP contribution < -0.4 is 0 Å². The first-order valence-electron chi connectivity index (χ1n) is 20.7. The van der Waals surface area contributed by atoms with Crippen LogP contribution in [0, 0.1) is 0 Å². The second-order valence-corrected chi connectivity index (χ2v) is 16.8. The third-order valence-corrected chi connectivity index (χ3v) is 13.3. The van der Waals surface area contributed by atoms with Crippen molar-refractivity contribution in [1.82, 2.24) is 9.97 Å². The molecule has 0 saturated carbocycles. The van der Waals surface area contributed by atoms with Crippen LogP contribution in [0.15, 0.2) is 219 Å². The van der Waals surface area contributed by atoms with Gasteiger partial charge in [0.2, 0.25) is 0 Å². The van der Waals surface area contributed by atoms with E-state index in [1.54, 1.807) is 0 Å². The Morgan fingerprint density at radius 3 is 1.44 bits per heavy atom. The van der Waals surface area contributed by atoms with E-state index < -0.39 is 0 Å². The summed E-state index contributed by atoms with van der Waals surface area (Å²) in [4.78, 5) is 10.7. The molecule has 2 aromatic heterocycles. The standard InChI is InChI=1S/C58H36N2S/c1-3-12-37(13-4-1)43-28-30-48-49-31-29-44(38-14-5-2-6-15-38)35-53(49)57-56(52(48)34-43)59-36-54(60-57)46-19-10-17-42(33-46)40-26-24-39(25-27-40)41-16-9-18-45(32-41)47-21-11-22-51-50-20-7-8-23-55(50)61-58(47)51/h1-36H. The lowest BCUT2D eigenvalue weighted by molar-refractivity contribution is 1.31. The van der Waals surface area contributed by atoms with E-state index in [0.717, 1.165) is 55.3 Å². The smallest absolute Gasteiger partial charge is 0.0979 e. The fraction of sp³-hybridized carbons (Fsp3) is 0. The molecule has 12 aromatic rings. The van der Waals surface area contributed by atoms with E-state index >= 15 is 0 Å². The van der Waals surface area contributed by atoms with Crippen molar-refractivity contribution in [3.8, 4) is 66.9 Å². The Morgan fingerprint density at radius 1 is 0.295 bits per heavy atom. The van der Waals surface area contributed by atoms with Crippen molar-refractivity contribution >= 4 is 64.1 Å². The monoisotopic (exact) mass is 792 g/mol. The van der Waals surface area contributed by atoms with Gasteiger partial charge in [0.05, 0.1) is 22.9 Å². The summed E-state index contributed by atoms with van der Waals surface area (Å²) in [6.07, 6.45) is 1.94. The van der Waals surface area contributed by atoms with Crippen molar-refractivity contribution in [3.63, 3.8) is 0 Å². The maximum Gasteiger partial charge on any atom is 0.0979 e. The highest BCUT2D eigenvalue weighted by molar-refractivity contribution is 7.26. The molecular formula is C58H36N2S. The first-order valence-corrected chi connectivity index (χ1v) is 21.5. The van der Waals surface area contributed by atoms with Gasteiger partial charge >= 0.3 is 0 Å². The highest BCUT2D eigenvalue weighted by Crippen LogP contribution is 2.42. The lowest BCUT2D eigenvalue weighted by Gasteiger charge is -2.14. The Morgan fingerprint density at radius 2 is 0.770 bits per heavy atom. The van der Waals surface area contributed by atoms with E-state index in [1.807, 2.05) is 17.5 Å². The first kappa shape index (κ1) is 35.2. The van der Waals surface area contributed by atoms with Crippen LogP contribution in [0.4, 0.5) is 0 Å². The Bertz CT molecular complexity index is 3630. The van der Waals surface area contributed by atoms with Crippen LogP contribution in [-0.2, 0) is 0 Å². The molecule has 2 heterocycles. The Kier molecular flexibility index (Phi) is 8.39.